The molecule has 4 aromatic rings. The molecule has 182 valence electrons. The van der Waals surface area contributed by atoms with Crippen LogP contribution in [0.3, 0.4) is 0 Å². The first-order valence-electron chi connectivity index (χ1n) is 10.8. The van der Waals surface area contributed by atoms with Crippen LogP contribution >= 0.6 is 0 Å². The third-order valence-electron chi connectivity index (χ3n) is 5.54. The zero-order valence-corrected chi connectivity index (χ0v) is 20.0. The van der Waals surface area contributed by atoms with Crippen molar-refractivity contribution in [3.63, 3.8) is 0 Å². The van der Waals surface area contributed by atoms with Crippen molar-refractivity contribution in [3.05, 3.63) is 59.0 Å². The number of aromatic nitrogens is 2. The summed E-state index contributed by atoms with van der Waals surface area (Å²) in [5, 5.41) is 3.64. The second kappa shape index (κ2) is 9.80. The minimum absolute atomic E-state index is 0.118. The molecule has 2 heterocycles. The SMILES string of the molecule is COc1ccc(Cc2cc3c(Cc4cnc(N)nc4N)cc(OC)c(OC)c3o2)cc1NC(C)=O. The minimum atomic E-state index is -0.184. The van der Waals surface area contributed by atoms with Gasteiger partial charge in [0, 0.05) is 36.9 Å². The monoisotopic (exact) mass is 477 g/mol. The van der Waals surface area contributed by atoms with Crippen LogP contribution in [0.5, 0.6) is 17.2 Å². The molecule has 0 aliphatic carbocycles. The molecule has 35 heavy (non-hydrogen) atoms. The average Bonchev–Trinajstić information content (AvgIpc) is 3.24. The van der Waals surface area contributed by atoms with E-state index in [0.717, 1.165) is 22.1 Å². The maximum Gasteiger partial charge on any atom is 0.221 e. The lowest BCUT2D eigenvalue weighted by molar-refractivity contribution is -0.114. The van der Waals surface area contributed by atoms with Crippen LogP contribution in [0.2, 0.25) is 0 Å². The van der Waals surface area contributed by atoms with E-state index in [1.165, 1.54) is 6.92 Å². The molecular weight excluding hydrogens is 450 g/mol. The van der Waals surface area contributed by atoms with Crippen LogP contribution < -0.4 is 31.0 Å². The van der Waals surface area contributed by atoms with Crippen molar-refractivity contribution in [3.8, 4) is 17.2 Å². The van der Waals surface area contributed by atoms with Gasteiger partial charge in [-0.1, -0.05) is 6.07 Å². The molecule has 10 nitrogen and oxygen atoms in total. The molecular formula is C25H27N5O5. The van der Waals surface area contributed by atoms with Crippen molar-refractivity contribution in [2.45, 2.75) is 19.8 Å². The predicted octanol–water partition coefficient (Wildman–Crippen LogP) is 3.55. The fraction of sp³-hybridized carbons (Fsp3) is 0.240. The summed E-state index contributed by atoms with van der Waals surface area (Å²) >= 11 is 0. The lowest BCUT2D eigenvalue weighted by atomic mass is 10.0. The first-order chi connectivity index (χ1) is 16.8. The van der Waals surface area contributed by atoms with Gasteiger partial charge in [0.2, 0.25) is 17.6 Å². The highest BCUT2D eigenvalue weighted by Gasteiger charge is 2.20. The standard InChI is InChI=1S/C25H27N5O5/c1-13(31)29-19-8-14(5-6-20(19)32-2)7-17-11-18-15(9-16-12-28-25(27)30-24(16)26)10-21(33-3)23(34-4)22(18)35-17/h5-6,8,10-12H,7,9H2,1-4H3,(H,29,31)(H4,26,27,28,30). The molecule has 0 atom stereocenters. The van der Waals surface area contributed by atoms with Gasteiger partial charge in [0.15, 0.2) is 11.3 Å². The molecule has 0 bridgehead atoms. The smallest absolute Gasteiger partial charge is 0.221 e. The van der Waals surface area contributed by atoms with Crippen LogP contribution in [-0.4, -0.2) is 37.2 Å². The molecule has 1 amide bonds. The lowest BCUT2D eigenvalue weighted by Crippen LogP contribution is -2.07. The highest BCUT2D eigenvalue weighted by molar-refractivity contribution is 5.91. The molecule has 4 rings (SSSR count). The summed E-state index contributed by atoms with van der Waals surface area (Å²) < 4.78 is 22.7. The Kier molecular flexibility index (Phi) is 6.63. The Morgan fingerprint density at radius 1 is 1.00 bits per heavy atom. The number of amides is 1. The molecule has 0 saturated heterocycles. The van der Waals surface area contributed by atoms with Crippen LogP contribution in [0.1, 0.15) is 29.4 Å². The maximum absolute atomic E-state index is 11.6. The average molecular weight is 478 g/mol. The van der Waals surface area contributed by atoms with Crippen molar-refractivity contribution in [2.24, 2.45) is 0 Å². The molecule has 0 saturated carbocycles. The number of nitrogens with two attached hydrogens (primary N) is 2. The molecule has 2 aromatic heterocycles. The zero-order chi connectivity index (χ0) is 25.1. The van der Waals surface area contributed by atoms with Gasteiger partial charge >= 0.3 is 0 Å². The summed E-state index contributed by atoms with van der Waals surface area (Å²) in [6, 6.07) is 9.44. The van der Waals surface area contributed by atoms with Crippen LogP contribution in [0.15, 0.2) is 40.9 Å². The van der Waals surface area contributed by atoms with Crippen LogP contribution in [0.4, 0.5) is 17.5 Å². The summed E-state index contributed by atoms with van der Waals surface area (Å²) in [7, 11) is 4.69. The van der Waals surface area contributed by atoms with E-state index in [1.807, 2.05) is 30.3 Å². The van der Waals surface area contributed by atoms with E-state index in [9.17, 15) is 4.79 Å². The van der Waals surface area contributed by atoms with Crippen LogP contribution in [0, 0.1) is 0 Å². The number of carbonyl (C=O) groups excluding carboxylic acids is 1. The summed E-state index contributed by atoms with van der Waals surface area (Å²) in [5.74, 6) is 2.55. The van der Waals surface area contributed by atoms with E-state index >= 15 is 0 Å². The predicted molar refractivity (Wildman–Crippen MR) is 133 cm³/mol. The number of hydrogen-bond donors (Lipinski definition) is 3. The Morgan fingerprint density at radius 3 is 2.43 bits per heavy atom. The molecule has 10 heteroatoms. The summed E-state index contributed by atoms with van der Waals surface area (Å²) in [5.41, 5.74) is 15.4. The fourth-order valence-electron chi connectivity index (χ4n) is 3.97. The van der Waals surface area contributed by atoms with Gasteiger partial charge in [0.1, 0.15) is 17.3 Å². The Morgan fingerprint density at radius 2 is 1.77 bits per heavy atom. The number of carbonyl (C=O) groups is 1. The third-order valence-corrected chi connectivity index (χ3v) is 5.54. The van der Waals surface area contributed by atoms with Gasteiger partial charge in [0.25, 0.3) is 0 Å². The van der Waals surface area contributed by atoms with Gasteiger partial charge in [-0.25, -0.2) is 4.98 Å². The summed E-state index contributed by atoms with van der Waals surface area (Å²) in [4.78, 5) is 19.7. The molecule has 0 aliphatic heterocycles. The van der Waals surface area contributed by atoms with Gasteiger partial charge in [-0.05, 0) is 35.4 Å². The number of nitrogen functional groups attached to an aromatic ring is 2. The zero-order valence-electron chi connectivity index (χ0n) is 20.0. The van der Waals surface area contributed by atoms with Crippen molar-refractivity contribution in [2.75, 3.05) is 38.1 Å². The Labute approximate surface area is 202 Å². The first kappa shape index (κ1) is 23.7. The topological polar surface area (TPSA) is 148 Å². The Balaban J connectivity index is 1.77. The van der Waals surface area contributed by atoms with Gasteiger partial charge in [-0.2, -0.15) is 4.98 Å². The van der Waals surface area contributed by atoms with Crippen molar-refractivity contribution in [1.82, 2.24) is 9.97 Å². The second-order valence-corrected chi connectivity index (χ2v) is 7.93. The molecule has 0 fully saturated rings. The highest BCUT2D eigenvalue weighted by atomic mass is 16.5. The highest BCUT2D eigenvalue weighted by Crippen LogP contribution is 2.41. The van der Waals surface area contributed by atoms with E-state index in [-0.39, 0.29) is 11.9 Å². The van der Waals surface area contributed by atoms with E-state index in [0.29, 0.717) is 52.9 Å². The van der Waals surface area contributed by atoms with Gasteiger partial charge in [-0.15, -0.1) is 0 Å². The number of anilines is 3. The van der Waals surface area contributed by atoms with E-state index < -0.39 is 0 Å². The minimum Gasteiger partial charge on any atom is -0.495 e. The second-order valence-electron chi connectivity index (χ2n) is 7.93. The number of ether oxygens (including phenoxy) is 3. The maximum atomic E-state index is 11.6. The molecule has 5 N–H and O–H groups in total. The molecule has 0 radical (unpaired) electrons. The molecule has 2 aromatic carbocycles. The number of rotatable bonds is 8. The largest absolute Gasteiger partial charge is 0.495 e. The number of furan rings is 1. The van der Waals surface area contributed by atoms with Crippen LogP contribution in [-0.2, 0) is 17.6 Å². The quantitative estimate of drug-likeness (QED) is 0.346. The van der Waals surface area contributed by atoms with Crippen molar-refractivity contribution >= 4 is 34.3 Å². The molecule has 0 aliphatic rings. The Bertz CT molecular complexity index is 1400. The van der Waals surface area contributed by atoms with Crippen LogP contribution in [0.25, 0.3) is 11.0 Å². The van der Waals surface area contributed by atoms with Crippen molar-refractivity contribution in [1.29, 1.82) is 0 Å². The number of hydrogen-bond acceptors (Lipinski definition) is 9. The van der Waals surface area contributed by atoms with E-state index in [2.05, 4.69) is 15.3 Å². The Hall–Kier alpha value is -4.47. The normalized spacial score (nSPS) is 10.9. The number of fused-ring (bicyclic) bond motifs is 1. The summed E-state index contributed by atoms with van der Waals surface area (Å²) in [6.45, 7) is 1.45. The molecule has 0 spiro atoms. The van der Waals surface area contributed by atoms with Gasteiger partial charge in [0.05, 0.1) is 27.0 Å². The van der Waals surface area contributed by atoms with E-state index in [1.54, 1.807) is 27.5 Å². The first-order valence-corrected chi connectivity index (χ1v) is 10.8. The fourth-order valence-corrected chi connectivity index (χ4v) is 3.97. The lowest BCUT2D eigenvalue weighted by Gasteiger charge is -2.12. The number of nitrogens with one attached hydrogen (secondary N) is 1. The number of nitrogens with zero attached hydrogens (tertiary/aromatic N) is 2. The molecule has 0 unspecified atom stereocenters. The van der Waals surface area contributed by atoms with Crippen molar-refractivity contribution < 1.29 is 23.4 Å². The van der Waals surface area contributed by atoms with Gasteiger partial charge < -0.3 is 35.4 Å². The van der Waals surface area contributed by atoms with Gasteiger partial charge in [-0.3, -0.25) is 4.79 Å². The summed E-state index contributed by atoms with van der Waals surface area (Å²) in [6.07, 6.45) is 2.53. The van der Waals surface area contributed by atoms with E-state index in [4.69, 9.17) is 30.1 Å². The third kappa shape index (κ3) is 4.91. The number of methoxy groups -OCH3 is 3. The number of benzene rings is 2.